The molecular weight excluding hydrogens is 515 g/mol. The van der Waals surface area contributed by atoms with Gasteiger partial charge in [0.05, 0.1) is 12.8 Å². The Hall–Kier alpha value is -1.96. The van der Waals surface area contributed by atoms with E-state index >= 15 is 0 Å². The summed E-state index contributed by atoms with van der Waals surface area (Å²) < 4.78 is 48.1. The molecule has 1 aliphatic heterocycles. The van der Waals surface area contributed by atoms with E-state index in [0.29, 0.717) is 0 Å². The van der Waals surface area contributed by atoms with Gasteiger partial charge in [-0.2, -0.15) is 0 Å². The van der Waals surface area contributed by atoms with Gasteiger partial charge in [-0.25, -0.2) is 17.9 Å². The molecule has 0 amide bonds. The maximum atomic E-state index is 13.6. The third-order valence-electron chi connectivity index (χ3n) is 5.01. The third kappa shape index (κ3) is 4.56. The number of aliphatic hydroxyl groups is 3. The summed E-state index contributed by atoms with van der Waals surface area (Å²) in [6.45, 7) is -0.516. The van der Waals surface area contributed by atoms with Gasteiger partial charge in [0.1, 0.15) is 35.5 Å². The number of aliphatic hydroxyl groups excluding tert-OH is 3. The predicted octanol–water partition coefficient (Wildman–Crippen LogP) is 2.90. The molecule has 0 unspecified atom stereocenters. The number of benzene rings is 2. The summed E-state index contributed by atoms with van der Waals surface area (Å²) in [5.41, 5.74) is -0.926. The van der Waals surface area contributed by atoms with Crippen LogP contribution in [0.4, 0.5) is 13.2 Å². The quantitative estimate of drug-likeness (QED) is 0.435. The second-order valence-electron chi connectivity index (χ2n) is 7.11. The first-order valence-electron chi connectivity index (χ1n) is 9.40. The van der Waals surface area contributed by atoms with E-state index in [0.717, 1.165) is 26.2 Å². The van der Waals surface area contributed by atoms with E-state index in [1.807, 2.05) is 24.3 Å². The maximum absolute atomic E-state index is 13.6. The normalized spacial score (nSPS) is 25.8. The van der Waals surface area contributed by atoms with E-state index in [4.69, 9.17) is 4.74 Å². The average Bonchev–Trinajstić information content (AvgIpc) is 3.25. The van der Waals surface area contributed by atoms with Gasteiger partial charge < -0.3 is 20.1 Å². The number of nitrogens with zero attached hydrogens (tertiary/aromatic N) is 3. The van der Waals surface area contributed by atoms with E-state index in [1.54, 1.807) is 0 Å². The maximum Gasteiger partial charge on any atom is 0.194 e. The predicted molar refractivity (Wildman–Crippen MR) is 112 cm³/mol. The highest BCUT2D eigenvalue weighted by Crippen LogP contribution is 2.38. The molecule has 32 heavy (non-hydrogen) atoms. The van der Waals surface area contributed by atoms with E-state index < -0.39 is 53.8 Å². The van der Waals surface area contributed by atoms with Crippen molar-refractivity contribution in [2.45, 2.75) is 34.7 Å². The Morgan fingerprint density at radius 1 is 1.06 bits per heavy atom. The van der Waals surface area contributed by atoms with Crippen molar-refractivity contribution in [2.75, 3.05) is 6.61 Å². The van der Waals surface area contributed by atoms with Crippen molar-refractivity contribution in [1.29, 1.82) is 0 Å². The van der Waals surface area contributed by atoms with E-state index in [9.17, 15) is 28.5 Å². The van der Waals surface area contributed by atoms with Gasteiger partial charge in [-0.15, -0.1) is 5.10 Å². The standard InChI is InChI=1S/C20H17BrF3N3O4S/c21-10-1-3-11(4-2-10)32-20-19(30)17(18(29)15(8-28)31-20)27-7-14(25-26-27)9-5-12(22)16(24)13(23)6-9/h1-7,15,17-20,28-30H,8H2/t15-,17+,18+,19-,20-/m1/s1. The molecule has 2 heterocycles. The van der Waals surface area contributed by atoms with Gasteiger partial charge in [-0.1, -0.05) is 32.9 Å². The van der Waals surface area contributed by atoms with E-state index in [1.165, 1.54) is 18.0 Å². The molecule has 170 valence electrons. The number of ether oxygens (including phenoxy) is 1. The molecule has 3 aromatic rings. The number of hydrogen-bond acceptors (Lipinski definition) is 7. The topological polar surface area (TPSA) is 101 Å². The Morgan fingerprint density at radius 3 is 2.34 bits per heavy atom. The van der Waals surface area contributed by atoms with Crippen molar-refractivity contribution in [1.82, 2.24) is 15.0 Å². The fraction of sp³-hybridized carbons (Fsp3) is 0.300. The molecule has 0 aliphatic carbocycles. The minimum atomic E-state index is -1.60. The number of halogens is 4. The molecule has 1 fully saturated rings. The molecule has 4 rings (SSSR count). The molecule has 0 spiro atoms. The molecule has 0 bridgehead atoms. The van der Waals surface area contributed by atoms with E-state index in [-0.39, 0.29) is 11.3 Å². The van der Waals surface area contributed by atoms with Crippen LogP contribution in [0.3, 0.4) is 0 Å². The molecule has 3 N–H and O–H groups in total. The van der Waals surface area contributed by atoms with Crippen molar-refractivity contribution in [2.24, 2.45) is 0 Å². The zero-order chi connectivity index (χ0) is 23.0. The molecule has 1 aromatic heterocycles. The van der Waals surface area contributed by atoms with Gasteiger partial charge in [0.25, 0.3) is 0 Å². The highest BCUT2D eigenvalue weighted by Gasteiger charge is 2.46. The minimum Gasteiger partial charge on any atom is -0.394 e. The number of aromatic nitrogens is 3. The molecule has 1 saturated heterocycles. The van der Waals surface area contributed by atoms with Crippen LogP contribution in [0.5, 0.6) is 0 Å². The largest absolute Gasteiger partial charge is 0.394 e. The molecule has 12 heteroatoms. The van der Waals surface area contributed by atoms with Crippen LogP contribution < -0.4 is 0 Å². The lowest BCUT2D eigenvalue weighted by Gasteiger charge is -2.41. The Labute approximate surface area is 193 Å². The van der Waals surface area contributed by atoms with Crippen LogP contribution >= 0.6 is 27.7 Å². The highest BCUT2D eigenvalue weighted by atomic mass is 79.9. The first-order valence-corrected chi connectivity index (χ1v) is 11.1. The van der Waals surface area contributed by atoms with Crippen LogP contribution in [-0.4, -0.2) is 60.7 Å². The molecule has 7 nitrogen and oxygen atoms in total. The van der Waals surface area contributed by atoms with Crippen molar-refractivity contribution < 1.29 is 33.2 Å². The zero-order valence-electron chi connectivity index (χ0n) is 16.1. The second kappa shape index (κ2) is 9.49. The molecule has 2 aromatic carbocycles. The second-order valence-corrected chi connectivity index (χ2v) is 9.19. The van der Waals surface area contributed by atoms with Crippen LogP contribution in [0.2, 0.25) is 0 Å². The molecule has 5 atom stereocenters. The SMILES string of the molecule is OC[C@H]1O[C@H](Sc2ccc(Br)cc2)[C@H](O)[C@@H](n2cc(-c3cc(F)c(F)c(F)c3)nn2)[C@H]1O. The summed E-state index contributed by atoms with van der Waals surface area (Å²) in [6.07, 6.45) is -2.39. The van der Waals surface area contributed by atoms with Crippen molar-refractivity contribution >= 4 is 27.7 Å². The lowest BCUT2D eigenvalue weighted by atomic mass is 9.97. The molecule has 0 radical (unpaired) electrons. The van der Waals surface area contributed by atoms with Gasteiger partial charge in [0.15, 0.2) is 17.5 Å². The Balaban J connectivity index is 1.63. The molecular formula is C20H17BrF3N3O4S. The van der Waals surface area contributed by atoms with Crippen molar-refractivity contribution in [3.8, 4) is 11.3 Å². The highest BCUT2D eigenvalue weighted by molar-refractivity contribution is 9.10. The summed E-state index contributed by atoms with van der Waals surface area (Å²) in [5.74, 6) is -4.37. The summed E-state index contributed by atoms with van der Waals surface area (Å²) in [4.78, 5) is 0.778. The van der Waals surface area contributed by atoms with Gasteiger partial charge in [-0.3, -0.25) is 0 Å². The van der Waals surface area contributed by atoms with Crippen LogP contribution in [0.15, 0.2) is 52.0 Å². The van der Waals surface area contributed by atoms with Crippen molar-refractivity contribution in [3.05, 3.63) is 64.5 Å². The Bertz CT molecular complexity index is 1080. The third-order valence-corrected chi connectivity index (χ3v) is 6.70. The van der Waals surface area contributed by atoms with Gasteiger partial charge in [-0.05, 0) is 36.4 Å². The summed E-state index contributed by atoms with van der Waals surface area (Å²) in [5, 5.41) is 39.0. The summed E-state index contributed by atoms with van der Waals surface area (Å²) >= 11 is 4.54. The number of hydrogen-bond donors (Lipinski definition) is 3. The molecule has 0 saturated carbocycles. The van der Waals surface area contributed by atoms with Crippen LogP contribution in [0, 0.1) is 17.5 Å². The monoisotopic (exact) mass is 531 g/mol. The average molecular weight is 532 g/mol. The zero-order valence-corrected chi connectivity index (χ0v) is 18.5. The number of thioether (sulfide) groups is 1. The van der Waals surface area contributed by atoms with Crippen LogP contribution in [0.25, 0.3) is 11.3 Å². The van der Waals surface area contributed by atoms with Crippen LogP contribution in [-0.2, 0) is 4.74 Å². The van der Waals surface area contributed by atoms with Gasteiger partial charge in [0, 0.05) is 14.9 Å². The smallest absolute Gasteiger partial charge is 0.194 e. The van der Waals surface area contributed by atoms with E-state index in [2.05, 4.69) is 26.2 Å². The van der Waals surface area contributed by atoms with Gasteiger partial charge >= 0.3 is 0 Å². The fourth-order valence-electron chi connectivity index (χ4n) is 3.38. The lowest BCUT2D eigenvalue weighted by molar-refractivity contribution is -0.178. The van der Waals surface area contributed by atoms with Crippen molar-refractivity contribution in [3.63, 3.8) is 0 Å². The molecule has 1 aliphatic rings. The summed E-state index contributed by atoms with van der Waals surface area (Å²) in [7, 11) is 0. The first kappa shape index (κ1) is 23.2. The summed E-state index contributed by atoms with van der Waals surface area (Å²) in [6, 6.07) is 7.72. The van der Waals surface area contributed by atoms with Gasteiger partial charge in [0.2, 0.25) is 0 Å². The first-order chi connectivity index (χ1) is 15.3. The lowest BCUT2D eigenvalue weighted by Crippen LogP contribution is -2.55. The fourth-order valence-corrected chi connectivity index (χ4v) is 4.71. The Morgan fingerprint density at radius 2 is 1.72 bits per heavy atom. The Kier molecular flexibility index (Phi) is 6.89. The number of rotatable bonds is 5. The minimum absolute atomic E-state index is 0.00588. The van der Waals surface area contributed by atoms with Crippen LogP contribution in [0.1, 0.15) is 6.04 Å².